The molecular weight excluding hydrogens is 188 g/mol. The number of rotatable bonds is 2. The predicted octanol–water partition coefficient (Wildman–Crippen LogP) is 2.84. The standard InChI is InChI=1S/C12H18N2O/c1-12(2)5-3-4-11(6-12)14-7-10(8-15)13-9-14/h7-9,11H,3-6H2,1-2H3. The van der Waals surface area contributed by atoms with Crippen LogP contribution in [0, 0.1) is 5.41 Å². The molecule has 0 aliphatic heterocycles. The van der Waals surface area contributed by atoms with Crippen LogP contribution >= 0.6 is 0 Å². The van der Waals surface area contributed by atoms with Crippen molar-refractivity contribution in [1.29, 1.82) is 0 Å². The Morgan fingerprint density at radius 1 is 1.60 bits per heavy atom. The average molecular weight is 206 g/mol. The predicted molar refractivity (Wildman–Crippen MR) is 58.9 cm³/mol. The van der Waals surface area contributed by atoms with Gasteiger partial charge < -0.3 is 4.57 Å². The van der Waals surface area contributed by atoms with Crippen molar-refractivity contribution in [2.24, 2.45) is 5.41 Å². The van der Waals surface area contributed by atoms with Crippen molar-refractivity contribution in [3.8, 4) is 0 Å². The van der Waals surface area contributed by atoms with Crippen LogP contribution < -0.4 is 0 Å². The molecule has 1 aromatic heterocycles. The zero-order valence-corrected chi connectivity index (χ0v) is 9.44. The third kappa shape index (κ3) is 2.28. The van der Waals surface area contributed by atoms with Crippen molar-refractivity contribution in [3.63, 3.8) is 0 Å². The second-order valence-corrected chi connectivity index (χ2v) is 5.28. The van der Waals surface area contributed by atoms with Crippen molar-refractivity contribution in [1.82, 2.24) is 9.55 Å². The first-order chi connectivity index (χ1) is 7.11. The lowest BCUT2D eigenvalue weighted by molar-refractivity contribution is 0.111. The minimum Gasteiger partial charge on any atom is -0.334 e. The lowest BCUT2D eigenvalue weighted by Gasteiger charge is -2.35. The Balaban J connectivity index is 2.13. The normalized spacial score (nSPS) is 25.1. The number of carbonyl (C=O) groups is 1. The van der Waals surface area contributed by atoms with E-state index < -0.39 is 0 Å². The van der Waals surface area contributed by atoms with Gasteiger partial charge in [0.25, 0.3) is 0 Å². The summed E-state index contributed by atoms with van der Waals surface area (Å²) >= 11 is 0. The van der Waals surface area contributed by atoms with E-state index in [4.69, 9.17) is 0 Å². The van der Waals surface area contributed by atoms with E-state index in [1.807, 2.05) is 6.20 Å². The maximum Gasteiger partial charge on any atom is 0.169 e. The molecule has 0 aromatic carbocycles. The molecule has 82 valence electrons. The van der Waals surface area contributed by atoms with Gasteiger partial charge in [-0.05, 0) is 24.7 Å². The summed E-state index contributed by atoms with van der Waals surface area (Å²) < 4.78 is 2.10. The second-order valence-electron chi connectivity index (χ2n) is 5.28. The maximum absolute atomic E-state index is 10.6. The Morgan fingerprint density at radius 3 is 3.00 bits per heavy atom. The van der Waals surface area contributed by atoms with Gasteiger partial charge in [-0.15, -0.1) is 0 Å². The van der Waals surface area contributed by atoms with Gasteiger partial charge in [0.2, 0.25) is 0 Å². The third-order valence-electron chi connectivity index (χ3n) is 3.34. The first-order valence-electron chi connectivity index (χ1n) is 5.59. The van der Waals surface area contributed by atoms with Crippen LogP contribution in [0.3, 0.4) is 0 Å². The molecule has 0 radical (unpaired) electrons. The van der Waals surface area contributed by atoms with Gasteiger partial charge in [-0.3, -0.25) is 4.79 Å². The molecule has 1 aromatic rings. The van der Waals surface area contributed by atoms with Gasteiger partial charge in [0.1, 0.15) is 5.69 Å². The van der Waals surface area contributed by atoms with Gasteiger partial charge in [0.15, 0.2) is 6.29 Å². The number of aldehydes is 1. The third-order valence-corrected chi connectivity index (χ3v) is 3.34. The molecule has 1 aliphatic rings. The summed E-state index contributed by atoms with van der Waals surface area (Å²) in [5.41, 5.74) is 0.965. The van der Waals surface area contributed by atoms with E-state index in [0.717, 1.165) is 6.29 Å². The molecular formula is C12H18N2O. The van der Waals surface area contributed by atoms with Gasteiger partial charge in [-0.1, -0.05) is 20.3 Å². The largest absolute Gasteiger partial charge is 0.334 e. The van der Waals surface area contributed by atoms with E-state index in [-0.39, 0.29) is 0 Å². The minimum atomic E-state index is 0.425. The van der Waals surface area contributed by atoms with E-state index in [2.05, 4.69) is 23.4 Å². The highest BCUT2D eigenvalue weighted by molar-refractivity contribution is 5.70. The number of hydrogen-bond donors (Lipinski definition) is 0. The van der Waals surface area contributed by atoms with Crippen LogP contribution in [0.5, 0.6) is 0 Å². The first kappa shape index (κ1) is 10.4. The van der Waals surface area contributed by atoms with E-state index in [1.54, 1.807) is 6.33 Å². The van der Waals surface area contributed by atoms with Crippen LogP contribution in [0.4, 0.5) is 0 Å². The van der Waals surface area contributed by atoms with Gasteiger partial charge in [-0.2, -0.15) is 0 Å². The SMILES string of the molecule is CC1(C)CCCC(n2cnc(C=O)c2)C1. The van der Waals surface area contributed by atoms with Crippen molar-refractivity contribution in [2.75, 3.05) is 0 Å². The van der Waals surface area contributed by atoms with Crippen molar-refractivity contribution in [2.45, 2.75) is 45.6 Å². The summed E-state index contributed by atoms with van der Waals surface area (Å²) in [6.45, 7) is 4.63. The van der Waals surface area contributed by atoms with E-state index >= 15 is 0 Å². The maximum atomic E-state index is 10.6. The fourth-order valence-corrected chi connectivity index (χ4v) is 2.53. The number of aromatic nitrogens is 2. The highest BCUT2D eigenvalue weighted by Crippen LogP contribution is 2.40. The Bertz CT molecular complexity index is 354. The van der Waals surface area contributed by atoms with E-state index in [0.29, 0.717) is 17.2 Å². The van der Waals surface area contributed by atoms with Crippen molar-refractivity contribution < 1.29 is 4.79 Å². The van der Waals surface area contributed by atoms with Crippen LogP contribution in [0.1, 0.15) is 56.1 Å². The van der Waals surface area contributed by atoms with Crippen LogP contribution in [-0.4, -0.2) is 15.8 Å². The lowest BCUT2D eigenvalue weighted by Crippen LogP contribution is -2.24. The van der Waals surface area contributed by atoms with Crippen LogP contribution in [0.2, 0.25) is 0 Å². The molecule has 1 fully saturated rings. The zero-order valence-electron chi connectivity index (χ0n) is 9.44. The molecule has 1 aliphatic carbocycles. The quantitative estimate of drug-likeness (QED) is 0.697. The molecule has 1 atom stereocenters. The summed E-state index contributed by atoms with van der Waals surface area (Å²) in [5.74, 6) is 0. The summed E-state index contributed by atoms with van der Waals surface area (Å²) in [5, 5.41) is 0. The first-order valence-corrected chi connectivity index (χ1v) is 5.59. The Kier molecular flexibility index (Phi) is 2.63. The van der Waals surface area contributed by atoms with Crippen LogP contribution in [-0.2, 0) is 0 Å². The molecule has 0 saturated heterocycles. The minimum absolute atomic E-state index is 0.425. The van der Waals surface area contributed by atoms with E-state index in [9.17, 15) is 4.79 Å². The average Bonchev–Trinajstić information content (AvgIpc) is 2.64. The summed E-state index contributed by atoms with van der Waals surface area (Å²) in [6, 6.07) is 0.523. The molecule has 0 spiro atoms. The highest BCUT2D eigenvalue weighted by atomic mass is 16.1. The topological polar surface area (TPSA) is 34.9 Å². The summed E-state index contributed by atoms with van der Waals surface area (Å²) in [7, 11) is 0. The Labute approximate surface area is 90.5 Å². The van der Waals surface area contributed by atoms with Gasteiger partial charge in [0, 0.05) is 12.2 Å². The molecule has 2 rings (SSSR count). The molecule has 1 unspecified atom stereocenters. The smallest absolute Gasteiger partial charge is 0.169 e. The van der Waals surface area contributed by atoms with Gasteiger partial charge >= 0.3 is 0 Å². The van der Waals surface area contributed by atoms with Crippen LogP contribution in [0.25, 0.3) is 0 Å². The molecule has 0 amide bonds. The Morgan fingerprint density at radius 2 is 2.40 bits per heavy atom. The molecule has 0 N–H and O–H groups in total. The monoisotopic (exact) mass is 206 g/mol. The number of imidazole rings is 1. The van der Waals surface area contributed by atoms with Gasteiger partial charge in [-0.25, -0.2) is 4.98 Å². The summed E-state index contributed by atoms with van der Waals surface area (Å²) in [6.07, 6.45) is 9.42. The molecule has 3 nitrogen and oxygen atoms in total. The number of hydrogen-bond acceptors (Lipinski definition) is 2. The zero-order chi connectivity index (χ0) is 10.9. The van der Waals surface area contributed by atoms with Gasteiger partial charge in [0.05, 0.1) is 6.33 Å². The second kappa shape index (κ2) is 3.80. The molecule has 0 bridgehead atoms. The fraction of sp³-hybridized carbons (Fsp3) is 0.667. The lowest BCUT2D eigenvalue weighted by atomic mass is 9.75. The van der Waals surface area contributed by atoms with Crippen molar-refractivity contribution >= 4 is 6.29 Å². The highest BCUT2D eigenvalue weighted by Gasteiger charge is 2.28. The van der Waals surface area contributed by atoms with Crippen LogP contribution in [0.15, 0.2) is 12.5 Å². The molecule has 3 heteroatoms. The van der Waals surface area contributed by atoms with E-state index in [1.165, 1.54) is 25.7 Å². The summed E-state index contributed by atoms with van der Waals surface area (Å²) in [4.78, 5) is 14.6. The fourth-order valence-electron chi connectivity index (χ4n) is 2.53. The Hall–Kier alpha value is -1.12. The van der Waals surface area contributed by atoms with Crippen molar-refractivity contribution in [3.05, 3.63) is 18.2 Å². The molecule has 15 heavy (non-hydrogen) atoms. The number of carbonyl (C=O) groups excluding carboxylic acids is 1. The molecule has 1 heterocycles. The number of nitrogens with zero attached hydrogens (tertiary/aromatic N) is 2. The molecule has 1 saturated carbocycles.